The number of esters is 1. The van der Waals surface area contributed by atoms with Crippen molar-refractivity contribution < 1.29 is 28.6 Å². The largest absolute Gasteiger partial charge is 0.461 e. The van der Waals surface area contributed by atoms with Gasteiger partial charge in [-0.3, -0.25) is 4.79 Å². The van der Waals surface area contributed by atoms with Crippen molar-refractivity contribution in [2.75, 3.05) is 14.2 Å². The Morgan fingerprint density at radius 3 is 1.67 bits per heavy atom. The number of hydrogen-bond acceptors (Lipinski definition) is 6. The molecule has 1 saturated carbocycles. The summed E-state index contributed by atoms with van der Waals surface area (Å²) >= 11 is 0. The van der Waals surface area contributed by atoms with Crippen molar-refractivity contribution in [3.05, 3.63) is 12.2 Å². The Bertz CT molecular complexity index is 495. The molecule has 1 saturated heterocycles. The van der Waals surface area contributed by atoms with E-state index in [1.54, 1.807) is 0 Å². The summed E-state index contributed by atoms with van der Waals surface area (Å²) in [7, 11) is 2.50. The number of hydrazine groups is 1. The van der Waals surface area contributed by atoms with Crippen molar-refractivity contribution in [1.82, 2.24) is 10.0 Å². The average Bonchev–Trinajstić information content (AvgIpc) is 2.90. The number of ether oxygens (including phenoxy) is 3. The maximum atomic E-state index is 11.9. The second kappa shape index (κ2) is 4.64. The van der Waals surface area contributed by atoms with E-state index in [4.69, 9.17) is 14.2 Å². The third-order valence-corrected chi connectivity index (χ3v) is 4.28. The molecule has 3 aliphatic rings. The first kappa shape index (κ1) is 13.7. The summed E-state index contributed by atoms with van der Waals surface area (Å²) in [6, 6.07) is -0.508. The molecule has 114 valence electrons. The fourth-order valence-corrected chi connectivity index (χ4v) is 3.59. The van der Waals surface area contributed by atoms with Crippen LogP contribution in [-0.2, 0) is 19.0 Å². The van der Waals surface area contributed by atoms with E-state index in [-0.39, 0.29) is 36.0 Å². The van der Waals surface area contributed by atoms with Gasteiger partial charge < -0.3 is 14.2 Å². The van der Waals surface area contributed by atoms with Crippen molar-refractivity contribution in [3.8, 4) is 0 Å². The van der Waals surface area contributed by atoms with Crippen LogP contribution in [0, 0.1) is 11.8 Å². The van der Waals surface area contributed by atoms with Gasteiger partial charge in [-0.25, -0.2) is 19.6 Å². The van der Waals surface area contributed by atoms with Crippen molar-refractivity contribution >= 4 is 18.2 Å². The van der Waals surface area contributed by atoms with Gasteiger partial charge in [0.05, 0.1) is 26.3 Å². The number of fused-ring (bicyclic) bond motifs is 5. The Labute approximate surface area is 121 Å². The van der Waals surface area contributed by atoms with Crippen LogP contribution in [0.1, 0.15) is 6.92 Å². The summed E-state index contributed by atoms with van der Waals surface area (Å²) < 4.78 is 14.8. The summed E-state index contributed by atoms with van der Waals surface area (Å²) in [5, 5.41) is 2.47. The van der Waals surface area contributed by atoms with Crippen LogP contribution in [0.2, 0.25) is 0 Å². The van der Waals surface area contributed by atoms with Crippen molar-refractivity contribution in [2.45, 2.75) is 25.1 Å². The molecule has 0 aromatic carbocycles. The predicted octanol–water partition coefficient (Wildman–Crippen LogP) is 0.536. The second-order valence-corrected chi connectivity index (χ2v) is 5.22. The lowest BCUT2D eigenvalue weighted by molar-refractivity contribution is -0.163. The lowest BCUT2D eigenvalue weighted by Crippen LogP contribution is -2.75. The fraction of sp³-hybridized carbons (Fsp3) is 0.615. The molecule has 8 nitrogen and oxygen atoms in total. The van der Waals surface area contributed by atoms with E-state index < -0.39 is 12.2 Å². The highest BCUT2D eigenvalue weighted by Gasteiger charge is 2.69. The minimum atomic E-state index is -0.635. The van der Waals surface area contributed by atoms with Gasteiger partial charge in [-0.05, 0) is 0 Å². The van der Waals surface area contributed by atoms with E-state index in [1.165, 1.54) is 31.2 Å². The normalized spacial score (nSPS) is 35.1. The Morgan fingerprint density at radius 2 is 1.33 bits per heavy atom. The number of carbonyl (C=O) groups is 3. The Hall–Kier alpha value is -2.25. The molecule has 2 aliphatic carbocycles. The number of hydrogen-bond donors (Lipinski definition) is 0. The smallest absolute Gasteiger partial charge is 0.429 e. The third-order valence-electron chi connectivity index (χ3n) is 4.28. The van der Waals surface area contributed by atoms with E-state index in [2.05, 4.69) is 0 Å². The van der Waals surface area contributed by atoms with Crippen molar-refractivity contribution in [1.29, 1.82) is 0 Å². The first-order valence-electron chi connectivity index (χ1n) is 6.61. The van der Waals surface area contributed by atoms with Crippen LogP contribution in [0.15, 0.2) is 12.2 Å². The molecule has 4 atom stereocenters. The van der Waals surface area contributed by atoms with Gasteiger partial charge in [-0.1, -0.05) is 12.2 Å². The molecule has 8 heteroatoms. The number of amides is 2. The molecule has 0 aromatic heterocycles. The van der Waals surface area contributed by atoms with Crippen LogP contribution in [0.4, 0.5) is 9.59 Å². The maximum Gasteiger partial charge on any atom is 0.429 e. The molecule has 2 bridgehead atoms. The van der Waals surface area contributed by atoms with Gasteiger partial charge in [0.15, 0.2) is 0 Å². The fourth-order valence-electron chi connectivity index (χ4n) is 3.59. The zero-order chi connectivity index (χ0) is 15.3. The van der Waals surface area contributed by atoms with E-state index in [9.17, 15) is 14.4 Å². The van der Waals surface area contributed by atoms with Gasteiger partial charge in [0, 0.05) is 18.8 Å². The van der Waals surface area contributed by atoms with Crippen LogP contribution >= 0.6 is 0 Å². The molecular weight excluding hydrogens is 280 g/mol. The van der Waals surface area contributed by atoms with E-state index in [0.717, 1.165) is 0 Å². The van der Waals surface area contributed by atoms with E-state index >= 15 is 0 Å². The lowest BCUT2D eigenvalue weighted by atomic mass is 9.90. The van der Waals surface area contributed by atoms with Crippen LogP contribution in [0.3, 0.4) is 0 Å². The molecule has 4 unspecified atom stereocenters. The highest BCUT2D eigenvalue weighted by molar-refractivity contribution is 5.78. The number of methoxy groups -OCH3 is 2. The van der Waals surface area contributed by atoms with Crippen molar-refractivity contribution in [3.63, 3.8) is 0 Å². The van der Waals surface area contributed by atoms with Crippen LogP contribution in [-0.4, -0.2) is 60.6 Å². The monoisotopic (exact) mass is 296 g/mol. The zero-order valence-electron chi connectivity index (χ0n) is 11.9. The molecule has 0 radical (unpaired) electrons. The molecule has 1 heterocycles. The lowest BCUT2D eigenvalue weighted by Gasteiger charge is -2.54. The molecule has 21 heavy (non-hydrogen) atoms. The highest BCUT2D eigenvalue weighted by atomic mass is 16.6. The Morgan fingerprint density at radius 1 is 0.905 bits per heavy atom. The number of rotatable bonds is 1. The molecular formula is C13H16N2O6. The molecule has 1 aliphatic heterocycles. The number of nitrogens with zero attached hydrogens (tertiary/aromatic N) is 2. The molecule has 0 N–H and O–H groups in total. The SMILES string of the molecule is COC(=O)N1C2C3C=CC(C3OC(C)=O)C2N1C(=O)OC. The molecule has 2 fully saturated rings. The quantitative estimate of drug-likeness (QED) is 0.399. The van der Waals surface area contributed by atoms with Crippen LogP contribution < -0.4 is 0 Å². The average molecular weight is 296 g/mol. The molecule has 0 spiro atoms. The molecule has 0 aromatic rings. The van der Waals surface area contributed by atoms with E-state index in [0.29, 0.717) is 0 Å². The first-order chi connectivity index (χ1) is 10.0. The van der Waals surface area contributed by atoms with E-state index in [1.807, 2.05) is 12.2 Å². The topological polar surface area (TPSA) is 85.4 Å². The van der Waals surface area contributed by atoms with Gasteiger partial charge in [-0.15, -0.1) is 0 Å². The first-order valence-corrected chi connectivity index (χ1v) is 6.61. The van der Waals surface area contributed by atoms with Gasteiger partial charge in [0.2, 0.25) is 0 Å². The van der Waals surface area contributed by atoms with Gasteiger partial charge in [0.25, 0.3) is 0 Å². The highest BCUT2D eigenvalue weighted by Crippen LogP contribution is 2.52. The van der Waals surface area contributed by atoms with Gasteiger partial charge in [0.1, 0.15) is 6.10 Å². The predicted molar refractivity (Wildman–Crippen MR) is 67.7 cm³/mol. The summed E-state index contributed by atoms with van der Waals surface area (Å²) in [4.78, 5) is 35.0. The molecule has 3 rings (SSSR count). The summed E-state index contributed by atoms with van der Waals surface area (Å²) in [5.41, 5.74) is 0. The van der Waals surface area contributed by atoms with Crippen molar-refractivity contribution in [2.24, 2.45) is 11.8 Å². The summed E-state index contributed by atoms with van der Waals surface area (Å²) in [5.74, 6) is -0.651. The second-order valence-electron chi connectivity index (χ2n) is 5.22. The summed E-state index contributed by atoms with van der Waals surface area (Å²) in [6.45, 7) is 1.34. The minimum Gasteiger partial charge on any atom is -0.461 e. The Kier molecular flexibility index (Phi) is 3.03. The zero-order valence-corrected chi connectivity index (χ0v) is 11.9. The third kappa shape index (κ3) is 1.71. The Balaban J connectivity index is 1.89. The van der Waals surface area contributed by atoms with Gasteiger partial charge >= 0.3 is 18.2 Å². The summed E-state index contributed by atoms with van der Waals surface area (Å²) in [6.07, 6.45) is 2.21. The van der Waals surface area contributed by atoms with Crippen LogP contribution in [0.5, 0.6) is 0 Å². The number of carbonyl (C=O) groups excluding carboxylic acids is 3. The van der Waals surface area contributed by atoms with Crippen LogP contribution in [0.25, 0.3) is 0 Å². The minimum absolute atomic E-state index is 0.135. The van der Waals surface area contributed by atoms with Gasteiger partial charge in [-0.2, -0.15) is 0 Å². The molecule has 2 amide bonds. The standard InChI is InChI=1S/C13H16N2O6/c1-6(16)21-11-7-4-5-8(11)10-9(7)14(12(17)19-2)15(10)13(18)20-3/h4-5,7-11H,1-3H3. The maximum absolute atomic E-state index is 11.9.